The van der Waals surface area contributed by atoms with Crippen molar-refractivity contribution in [3.8, 4) is 0 Å². The van der Waals surface area contributed by atoms with Crippen LogP contribution < -0.4 is 0 Å². The predicted molar refractivity (Wildman–Crippen MR) is 53.3 cm³/mol. The molecule has 0 aliphatic heterocycles. The second kappa shape index (κ2) is 5.09. The number of ether oxygens (including phenoxy) is 1. The Hall–Kier alpha value is 0.380. The topological polar surface area (TPSA) is 26.3 Å². The first kappa shape index (κ1) is 13.0. The Morgan fingerprint density at radius 1 is 1.40 bits per heavy atom. The molecule has 0 bridgehead atoms. The van der Waals surface area contributed by atoms with E-state index in [9.17, 15) is 4.79 Å². The van der Waals surface area contributed by atoms with Crippen LogP contribution in [0.3, 0.4) is 0 Å². The molecule has 0 amide bonds. The Balaban J connectivity index is 0. The van der Waals surface area contributed by atoms with Gasteiger partial charge >= 0.3 is 56.0 Å². The Morgan fingerprint density at radius 3 is 1.90 bits per heavy atom. The minimum absolute atomic E-state index is 0. The van der Waals surface area contributed by atoms with E-state index in [0.29, 0.717) is 6.16 Å². The summed E-state index contributed by atoms with van der Waals surface area (Å²) in [6.07, 6.45) is 0.628. The summed E-state index contributed by atoms with van der Waals surface area (Å²) in [5.74, 6) is -0.0748. The summed E-state index contributed by atoms with van der Waals surface area (Å²) in [5.41, 5.74) is 0. The molecule has 2 nitrogen and oxygen atoms in total. The standard InChI is InChI=1S/C6H15O2P.BrH/c1-8-6(7)5-9(2,3)4;/h9H,5H2,1-4H3;1H. The van der Waals surface area contributed by atoms with Gasteiger partial charge in [0.15, 0.2) is 0 Å². The van der Waals surface area contributed by atoms with Crippen LogP contribution in [0.5, 0.6) is 0 Å². The van der Waals surface area contributed by atoms with Gasteiger partial charge in [-0.25, -0.2) is 0 Å². The average molecular weight is 231 g/mol. The van der Waals surface area contributed by atoms with Gasteiger partial charge in [-0.05, 0) is 0 Å². The molecule has 0 N–H and O–H groups in total. The molecule has 0 unspecified atom stereocenters. The summed E-state index contributed by atoms with van der Waals surface area (Å²) >= 11 is 0. The van der Waals surface area contributed by atoms with E-state index in [1.54, 1.807) is 0 Å². The van der Waals surface area contributed by atoms with Crippen molar-refractivity contribution in [2.45, 2.75) is 0 Å². The van der Waals surface area contributed by atoms with Crippen LogP contribution in [0, 0.1) is 0 Å². The quantitative estimate of drug-likeness (QED) is 0.530. The molecule has 0 saturated carbocycles. The van der Waals surface area contributed by atoms with Gasteiger partial charge in [-0.3, -0.25) is 0 Å². The fourth-order valence-electron chi connectivity index (χ4n) is 0.505. The molecule has 10 heavy (non-hydrogen) atoms. The van der Waals surface area contributed by atoms with E-state index in [2.05, 4.69) is 24.7 Å². The molecule has 64 valence electrons. The van der Waals surface area contributed by atoms with Crippen LogP contribution in [-0.4, -0.2) is 39.2 Å². The van der Waals surface area contributed by atoms with E-state index in [1.165, 1.54) is 7.11 Å². The van der Waals surface area contributed by atoms with Crippen LogP contribution in [0.15, 0.2) is 0 Å². The summed E-state index contributed by atoms with van der Waals surface area (Å²) in [6.45, 7) is 6.43. The van der Waals surface area contributed by atoms with Gasteiger partial charge in [0, 0.05) is 0 Å². The SMILES string of the molecule is Br.COC(=O)C[PH](C)(C)C. The summed E-state index contributed by atoms with van der Waals surface area (Å²) in [7, 11) is 0.217. The van der Waals surface area contributed by atoms with E-state index >= 15 is 0 Å². The van der Waals surface area contributed by atoms with Crippen LogP contribution in [0.2, 0.25) is 0 Å². The Bertz CT molecular complexity index is 109. The number of hydrogen-bond donors (Lipinski definition) is 0. The number of halogens is 1. The Morgan fingerprint density at radius 2 is 1.80 bits per heavy atom. The Kier molecular flexibility index (Phi) is 6.61. The van der Waals surface area contributed by atoms with E-state index in [0.717, 1.165) is 0 Å². The number of carbonyl (C=O) groups excluding carboxylic acids is 1. The van der Waals surface area contributed by atoms with Gasteiger partial charge in [0.05, 0.1) is 0 Å². The monoisotopic (exact) mass is 230 g/mol. The summed E-state index contributed by atoms with van der Waals surface area (Å²) < 4.78 is 4.52. The zero-order chi connectivity index (χ0) is 7.49. The zero-order valence-electron chi connectivity index (χ0n) is 6.93. The fourth-order valence-corrected chi connectivity index (χ4v) is 1.52. The van der Waals surface area contributed by atoms with Crippen LogP contribution >= 0.6 is 24.2 Å². The van der Waals surface area contributed by atoms with E-state index in [4.69, 9.17) is 0 Å². The fraction of sp³-hybridized carbons (Fsp3) is 0.833. The number of carbonyl (C=O) groups is 1. The van der Waals surface area contributed by atoms with Crippen molar-refractivity contribution in [2.24, 2.45) is 0 Å². The van der Waals surface area contributed by atoms with Gasteiger partial charge in [-0.15, -0.1) is 17.0 Å². The number of methoxy groups -OCH3 is 1. The van der Waals surface area contributed by atoms with Gasteiger partial charge in [-0.1, -0.05) is 0 Å². The summed E-state index contributed by atoms with van der Waals surface area (Å²) in [6, 6.07) is 0. The maximum absolute atomic E-state index is 10.6. The first-order valence-corrected chi connectivity index (χ1v) is 6.73. The molecule has 0 spiro atoms. The van der Waals surface area contributed by atoms with Crippen molar-refractivity contribution in [3.05, 3.63) is 0 Å². The molecule has 0 aliphatic rings. The molecular formula is C6H16BrO2P. The molecule has 0 fully saturated rings. The molecule has 0 radical (unpaired) electrons. The van der Waals surface area contributed by atoms with Gasteiger partial charge in [-0.2, -0.15) is 0 Å². The van der Waals surface area contributed by atoms with Crippen molar-refractivity contribution in [2.75, 3.05) is 33.3 Å². The third-order valence-electron chi connectivity index (χ3n) is 0.902. The van der Waals surface area contributed by atoms with Gasteiger partial charge in [0.25, 0.3) is 0 Å². The molecule has 0 atom stereocenters. The second-order valence-corrected chi connectivity index (χ2v) is 8.79. The van der Waals surface area contributed by atoms with E-state index < -0.39 is 7.26 Å². The predicted octanol–water partition coefficient (Wildman–Crippen LogP) is 1.38. The van der Waals surface area contributed by atoms with E-state index in [-0.39, 0.29) is 23.0 Å². The van der Waals surface area contributed by atoms with Gasteiger partial charge < -0.3 is 0 Å². The molecule has 0 saturated heterocycles. The maximum atomic E-state index is 10.6. The molecule has 0 heterocycles. The number of esters is 1. The number of rotatable bonds is 2. The van der Waals surface area contributed by atoms with Crippen molar-refractivity contribution in [1.82, 2.24) is 0 Å². The van der Waals surface area contributed by atoms with Crippen molar-refractivity contribution < 1.29 is 9.53 Å². The molecule has 0 aromatic heterocycles. The van der Waals surface area contributed by atoms with Gasteiger partial charge in [0.2, 0.25) is 0 Å². The molecular weight excluding hydrogens is 215 g/mol. The van der Waals surface area contributed by atoms with Gasteiger partial charge in [0.1, 0.15) is 0 Å². The number of hydrogen-bond acceptors (Lipinski definition) is 2. The summed E-state index contributed by atoms with van der Waals surface area (Å²) in [4.78, 5) is 10.6. The zero-order valence-corrected chi connectivity index (χ0v) is 9.64. The molecule has 0 rings (SSSR count). The average Bonchev–Trinajstić information content (AvgIpc) is 1.62. The normalized spacial score (nSPS) is 11.6. The van der Waals surface area contributed by atoms with Crippen LogP contribution in [-0.2, 0) is 9.53 Å². The molecule has 4 heteroatoms. The minimum atomic E-state index is -1.22. The van der Waals surface area contributed by atoms with Crippen molar-refractivity contribution >= 4 is 30.2 Å². The van der Waals surface area contributed by atoms with Crippen molar-refractivity contribution in [3.63, 3.8) is 0 Å². The molecule has 0 aliphatic carbocycles. The van der Waals surface area contributed by atoms with Crippen molar-refractivity contribution in [1.29, 1.82) is 0 Å². The molecule has 0 aromatic rings. The second-order valence-electron chi connectivity index (χ2n) is 3.31. The third-order valence-corrected chi connectivity index (χ3v) is 2.25. The first-order chi connectivity index (χ1) is 3.95. The van der Waals surface area contributed by atoms with Crippen LogP contribution in [0.25, 0.3) is 0 Å². The van der Waals surface area contributed by atoms with E-state index in [1.807, 2.05) is 0 Å². The molecule has 0 aromatic carbocycles. The van der Waals surface area contributed by atoms with Crippen LogP contribution in [0.1, 0.15) is 0 Å². The Labute approximate surface area is 73.4 Å². The first-order valence-electron chi connectivity index (χ1n) is 3.02. The van der Waals surface area contributed by atoms with Crippen LogP contribution in [0.4, 0.5) is 0 Å². The summed E-state index contributed by atoms with van der Waals surface area (Å²) in [5, 5.41) is 0. The third kappa shape index (κ3) is 8.38.